The first-order valence-electron chi connectivity index (χ1n) is 18.8. The number of aryl methyl sites for hydroxylation is 4. The molecule has 1 aliphatic carbocycles. The van der Waals surface area contributed by atoms with Gasteiger partial charge in [-0.05, 0) is 90.8 Å². The van der Waals surface area contributed by atoms with E-state index in [1.54, 1.807) is 0 Å². The fourth-order valence-electron chi connectivity index (χ4n) is 7.18. The van der Waals surface area contributed by atoms with E-state index in [4.69, 9.17) is 14.1 Å². The molecule has 0 aromatic heterocycles. The van der Waals surface area contributed by atoms with Gasteiger partial charge in [0.05, 0.1) is 23.2 Å². The number of anilines is 2. The SMILES string of the molecule is CCCc1cccc(CCC)c1/N=c1\ccc2c(-c3ccccc3C(=O)OCC)c3ccc(Nc4c(CCC)cccc4CCC)cc3oc-2c1. The number of carbonyl (C=O) groups is 1. The predicted octanol–water partition coefficient (Wildman–Crippen LogP) is 12.2. The molecule has 1 heterocycles. The second-order valence-corrected chi connectivity index (χ2v) is 13.2. The van der Waals surface area contributed by atoms with Gasteiger partial charge in [0.2, 0.25) is 0 Å². The molecule has 0 spiro atoms. The third-order valence-corrected chi connectivity index (χ3v) is 9.42. The van der Waals surface area contributed by atoms with Crippen LogP contribution in [-0.4, -0.2) is 12.6 Å². The van der Waals surface area contributed by atoms with Gasteiger partial charge in [0.25, 0.3) is 0 Å². The number of fused-ring (bicyclic) bond motifs is 2. The first-order chi connectivity index (χ1) is 25.0. The van der Waals surface area contributed by atoms with Gasteiger partial charge in [-0.2, -0.15) is 0 Å². The third-order valence-electron chi connectivity index (χ3n) is 9.42. The summed E-state index contributed by atoms with van der Waals surface area (Å²) in [6.07, 6.45) is 8.22. The van der Waals surface area contributed by atoms with Crippen molar-refractivity contribution in [2.24, 2.45) is 4.99 Å². The highest BCUT2D eigenvalue weighted by molar-refractivity contribution is 6.08. The van der Waals surface area contributed by atoms with Crippen molar-refractivity contribution in [2.45, 2.75) is 86.0 Å². The van der Waals surface area contributed by atoms with E-state index in [-0.39, 0.29) is 5.97 Å². The third kappa shape index (κ3) is 7.78. The number of carbonyl (C=O) groups excluding carboxylic acids is 1. The molecular weight excluding hydrogens is 629 g/mol. The summed E-state index contributed by atoms with van der Waals surface area (Å²) in [6.45, 7) is 11.0. The minimum absolute atomic E-state index is 0.303. The van der Waals surface area contributed by atoms with Crippen molar-refractivity contribution in [1.82, 2.24) is 0 Å². The van der Waals surface area contributed by atoms with Crippen molar-refractivity contribution in [3.63, 3.8) is 0 Å². The van der Waals surface area contributed by atoms with Crippen LogP contribution < -0.4 is 10.7 Å². The van der Waals surface area contributed by atoms with E-state index in [1.165, 1.54) is 27.9 Å². The Balaban J connectivity index is 1.59. The lowest BCUT2D eigenvalue weighted by molar-refractivity contribution is 0.0527. The molecule has 0 bridgehead atoms. The van der Waals surface area contributed by atoms with Crippen molar-refractivity contribution in [3.05, 3.63) is 130 Å². The molecule has 1 N–H and O–H groups in total. The van der Waals surface area contributed by atoms with E-state index in [0.717, 1.165) is 95.8 Å². The second kappa shape index (κ2) is 16.7. The van der Waals surface area contributed by atoms with E-state index >= 15 is 0 Å². The van der Waals surface area contributed by atoms with Crippen LogP contribution in [0.1, 0.15) is 92.9 Å². The zero-order valence-corrected chi connectivity index (χ0v) is 30.8. The van der Waals surface area contributed by atoms with Crippen molar-refractivity contribution in [2.75, 3.05) is 11.9 Å². The Kier molecular flexibility index (Phi) is 11.7. The Bertz CT molecular complexity index is 2130. The minimum atomic E-state index is -0.341. The lowest BCUT2D eigenvalue weighted by Crippen LogP contribution is -2.08. The van der Waals surface area contributed by atoms with Crippen molar-refractivity contribution in [1.29, 1.82) is 0 Å². The minimum Gasteiger partial charge on any atom is -0.462 e. The molecule has 0 atom stereocenters. The van der Waals surface area contributed by atoms with Crippen molar-refractivity contribution < 1.29 is 13.9 Å². The molecule has 5 nitrogen and oxygen atoms in total. The number of nitrogens with one attached hydrogen (secondary N) is 1. The number of hydrogen-bond acceptors (Lipinski definition) is 5. The van der Waals surface area contributed by atoms with Crippen LogP contribution in [0.5, 0.6) is 0 Å². The maximum Gasteiger partial charge on any atom is 0.338 e. The van der Waals surface area contributed by atoms with Crippen LogP contribution in [0, 0.1) is 0 Å². The van der Waals surface area contributed by atoms with Gasteiger partial charge in [-0.15, -0.1) is 0 Å². The van der Waals surface area contributed by atoms with Gasteiger partial charge < -0.3 is 14.5 Å². The summed E-state index contributed by atoms with van der Waals surface area (Å²) in [5.41, 5.74) is 12.3. The van der Waals surface area contributed by atoms with E-state index in [2.05, 4.69) is 99.7 Å². The average molecular weight is 679 g/mol. The summed E-state index contributed by atoms with van der Waals surface area (Å²) in [5, 5.41) is 5.54. The first kappa shape index (κ1) is 35.7. The smallest absolute Gasteiger partial charge is 0.338 e. The number of ether oxygens (including phenoxy) is 1. The molecule has 6 rings (SSSR count). The molecule has 262 valence electrons. The van der Waals surface area contributed by atoms with Gasteiger partial charge in [0.15, 0.2) is 0 Å². The summed E-state index contributed by atoms with van der Waals surface area (Å²) in [5.74, 6) is 0.365. The van der Waals surface area contributed by atoms with E-state index in [0.29, 0.717) is 17.9 Å². The van der Waals surface area contributed by atoms with Crippen LogP contribution in [0.3, 0.4) is 0 Å². The lowest BCUT2D eigenvalue weighted by Gasteiger charge is -2.19. The molecule has 0 radical (unpaired) electrons. The summed E-state index contributed by atoms with van der Waals surface area (Å²) in [7, 11) is 0. The van der Waals surface area contributed by atoms with E-state index < -0.39 is 0 Å². The summed E-state index contributed by atoms with van der Waals surface area (Å²) >= 11 is 0. The number of para-hydroxylation sites is 2. The van der Waals surface area contributed by atoms with Crippen molar-refractivity contribution in [3.8, 4) is 22.5 Å². The Morgan fingerprint density at radius 2 is 1.29 bits per heavy atom. The molecule has 51 heavy (non-hydrogen) atoms. The number of nitrogens with zero attached hydrogens (tertiary/aromatic N) is 1. The van der Waals surface area contributed by atoms with Crippen LogP contribution in [0.4, 0.5) is 17.1 Å². The molecule has 0 saturated heterocycles. The van der Waals surface area contributed by atoms with Crippen LogP contribution >= 0.6 is 0 Å². The van der Waals surface area contributed by atoms with Crippen LogP contribution in [0.2, 0.25) is 0 Å². The number of benzene rings is 5. The Morgan fingerprint density at radius 1 is 0.667 bits per heavy atom. The molecule has 0 fully saturated rings. The molecule has 0 saturated carbocycles. The van der Waals surface area contributed by atoms with E-state index in [1.807, 2.05) is 37.3 Å². The summed E-state index contributed by atoms with van der Waals surface area (Å²) in [6, 6.07) is 33.4. The molecule has 0 unspecified atom stereocenters. The van der Waals surface area contributed by atoms with Gasteiger partial charge in [-0.25, -0.2) is 9.79 Å². The highest BCUT2D eigenvalue weighted by Crippen LogP contribution is 2.42. The predicted molar refractivity (Wildman–Crippen MR) is 212 cm³/mol. The van der Waals surface area contributed by atoms with Crippen LogP contribution in [-0.2, 0) is 30.4 Å². The highest BCUT2D eigenvalue weighted by Gasteiger charge is 2.22. The zero-order valence-electron chi connectivity index (χ0n) is 30.8. The highest BCUT2D eigenvalue weighted by atomic mass is 16.5. The van der Waals surface area contributed by atoms with Gasteiger partial charge in [0.1, 0.15) is 11.3 Å². The Hall–Kier alpha value is -5.16. The molecule has 4 aromatic rings. The topological polar surface area (TPSA) is 63.8 Å². The van der Waals surface area contributed by atoms with Crippen LogP contribution in [0.15, 0.2) is 106 Å². The van der Waals surface area contributed by atoms with Gasteiger partial charge in [-0.1, -0.05) is 108 Å². The van der Waals surface area contributed by atoms with E-state index in [9.17, 15) is 4.79 Å². The first-order valence-corrected chi connectivity index (χ1v) is 18.8. The lowest BCUT2D eigenvalue weighted by atomic mass is 9.90. The summed E-state index contributed by atoms with van der Waals surface area (Å²) in [4.78, 5) is 18.6. The standard InChI is InChI=1S/C46H50N2O3/c1-6-15-31-19-13-20-32(16-7-2)44(31)47-35-25-27-39-41(29-35)51-42-30-36(48-45-33(17-8-3)21-14-22-34(45)18-9-4)26-28-40(42)43(39)37-23-11-12-24-38(37)46(49)50-10-5/h11-14,19-30,47H,6-10,15-18H2,1-5H3/b48-36+. The van der Waals surface area contributed by atoms with Crippen molar-refractivity contribution >= 4 is 34.0 Å². The molecule has 2 aliphatic rings. The van der Waals surface area contributed by atoms with Gasteiger partial charge in [-0.3, -0.25) is 0 Å². The second-order valence-electron chi connectivity index (χ2n) is 13.2. The fourth-order valence-corrected chi connectivity index (χ4v) is 7.18. The quantitative estimate of drug-likeness (QED) is 0.0920. The maximum absolute atomic E-state index is 13.3. The van der Waals surface area contributed by atoms with Crippen LogP contribution in [0.25, 0.3) is 33.4 Å². The zero-order chi connectivity index (χ0) is 35.7. The molecule has 5 heteroatoms. The Labute approximate surface area is 302 Å². The maximum atomic E-state index is 13.3. The number of rotatable bonds is 14. The number of esters is 1. The molecule has 4 aromatic carbocycles. The average Bonchev–Trinajstić information content (AvgIpc) is 3.13. The normalized spacial score (nSPS) is 11.7. The Morgan fingerprint density at radius 3 is 1.94 bits per heavy atom. The monoisotopic (exact) mass is 678 g/mol. The molecule has 1 aliphatic heterocycles. The summed E-state index contributed by atoms with van der Waals surface area (Å²) < 4.78 is 12.3. The van der Waals surface area contributed by atoms with Gasteiger partial charge in [0, 0.05) is 40.0 Å². The van der Waals surface area contributed by atoms with Gasteiger partial charge >= 0.3 is 5.97 Å². The molecular formula is C46H50N2O3. The fraction of sp³-hybridized carbons (Fsp3) is 0.304. The number of hydrogen-bond donors (Lipinski definition) is 1. The molecule has 0 amide bonds. The largest absolute Gasteiger partial charge is 0.462 e.